The first-order chi connectivity index (χ1) is 10.6. The second-order valence-electron chi connectivity index (χ2n) is 4.28. The van der Waals surface area contributed by atoms with Crippen molar-refractivity contribution in [3.63, 3.8) is 0 Å². The molecule has 1 N–H and O–H groups in total. The van der Waals surface area contributed by atoms with Gasteiger partial charge in [-0.2, -0.15) is 21.6 Å². The van der Waals surface area contributed by atoms with Gasteiger partial charge in [-0.25, -0.2) is 4.79 Å². The summed E-state index contributed by atoms with van der Waals surface area (Å²) in [4.78, 5) is 22.2. The lowest BCUT2D eigenvalue weighted by Crippen LogP contribution is -2.28. The molecule has 0 unspecified atom stereocenters. The van der Waals surface area contributed by atoms with E-state index in [1.807, 2.05) is 0 Å². The van der Waals surface area contributed by atoms with Crippen LogP contribution in [0.15, 0.2) is 30.3 Å². The quantitative estimate of drug-likeness (QED) is 0.518. The third-order valence-electron chi connectivity index (χ3n) is 2.89. The molecule has 10 heteroatoms. The summed E-state index contributed by atoms with van der Waals surface area (Å²) >= 11 is 0. The molecule has 0 atom stereocenters. The van der Waals surface area contributed by atoms with Crippen molar-refractivity contribution in [3.8, 4) is 5.75 Å². The number of carboxylic acids is 1. The molecule has 0 aliphatic rings. The van der Waals surface area contributed by atoms with Crippen LogP contribution in [-0.4, -0.2) is 31.3 Å². The topological polar surface area (TPSA) is 97.7 Å². The van der Waals surface area contributed by atoms with E-state index in [1.54, 1.807) is 0 Å². The molecule has 0 aliphatic heterocycles. The molecule has 6 nitrogen and oxygen atoms in total. The summed E-state index contributed by atoms with van der Waals surface area (Å²) < 4.78 is 63.1. The number of alkyl halides is 3. The molecule has 23 heavy (non-hydrogen) atoms. The normalized spacial score (nSPS) is 12.1. The number of benzene rings is 2. The van der Waals surface area contributed by atoms with Gasteiger partial charge in [-0.05, 0) is 29.0 Å². The van der Waals surface area contributed by atoms with Gasteiger partial charge < -0.3 is 9.29 Å². The summed E-state index contributed by atoms with van der Waals surface area (Å²) in [7, 11) is -5.95. The number of hydrogen-bond acceptors (Lipinski definition) is 5. The zero-order chi connectivity index (χ0) is 17.4. The van der Waals surface area contributed by atoms with Crippen LogP contribution in [0.1, 0.15) is 20.7 Å². The Bertz CT molecular complexity index is 902. The van der Waals surface area contributed by atoms with E-state index in [9.17, 15) is 31.2 Å². The number of hydrogen-bond donors (Lipinski definition) is 1. The SMILES string of the molecule is O=Cc1c(OS(=O)(=O)C(F)(F)F)ccc2c(C(=O)O)cccc12. The summed E-state index contributed by atoms with van der Waals surface area (Å²) in [5.74, 6) is -2.16. The maximum Gasteiger partial charge on any atom is 0.534 e. The maximum atomic E-state index is 12.4. The van der Waals surface area contributed by atoms with Gasteiger partial charge in [-0.3, -0.25) is 4.79 Å². The molecule has 0 aromatic heterocycles. The van der Waals surface area contributed by atoms with Crippen LogP contribution in [0.3, 0.4) is 0 Å². The summed E-state index contributed by atoms with van der Waals surface area (Å²) in [5, 5.41) is 9.05. The van der Waals surface area contributed by atoms with E-state index in [-0.39, 0.29) is 22.6 Å². The molecule has 2 rings (SSSR count). The minimum Gasteiger partial charge on any atom is -0.478 e. The zero-order valence-corrected chi connectivity index (χ0v) is 11.8. The van der Waals surface area contributed by atoms with Crippen LogP contribution in [0.25, 0.3) is 10.8 Å². The lowest BCUT2D eigenvalue weighted by Gasteiger charge is -2.13. The largest absolute Gasteiger partial charge is 0.534 e. The molecule has 0 radical (unpaired) electrons. The molecule has 0 heterocycles. The molecule has 0 bridgehead atoms. The van der Waals surface area contributed by atoms with Crippen molar-refractivity contribution in [2.24, 2.45) is 0 Å². The molecular weight excluding hydrogens is 341 g/mol. The highest BCUT2D eigenvalue weighted by Gasteiger charge is 2.48. The summed E-state index contributed by atoms with van der Waals surface area (Å²) in [6.45, 7) is 0. The van der Waals surface area contributed by atoms with Gasteiger partial charge in [0.2, 0.25) is 0 Å². The Morgan fingerprint density at radius 1 is 1.13 bits per heavy atom. The van der Waals surface area contributed by atoms with Crippen LogP contribution in [0.2, 0.25) is 0 Å². The molecule has 2 aromatic rings. The Hall–Kier alpha value is -2.62. The molecule has 0 spiro atoms. The van der Waals surface area contributed by atoms with Gasteiger partial charge >= 0.3 is 21.6 Å². The van der Waals surface area contributed by atoms with E-state index < -0.39 is 32.9 Å². The Labute approximate surface area is 127 Å². The number of halogens is 3. The highest BCUT2D eigenvalue weighted by atomic mass is 32.2. The van der Waals surface area contributed by atoms with Crippen molar-refractivity contribution >= 4 is 33.1 Å². The molecule has 0 saturated carbocycles. The second-order valence-corrected chi connectivity index (χ2v) is 5.82. The van der Waals surface area contributed by atoms with Gasteiger partial charge in [0.15, 0.2) is 12.0 Å². The molecule has 0 aliphatic carbocycles. The van der Waals surface area contributed by atoms with Crippen LogP contribution in [0.4, 0.5) is 13.2 Å². The second kappa shape index (κ2) is 5.54. The Balaban J connectivity index is 2.69. The molecule has 0 amide bonds. The molecule has 0 fully saturated rings. The first kappa shape index (κ1) is 16.7. The van der Waals surface area contributed by atoms with Crippen molar-refractivity contribution in [2.75, 3.05) is 0 Å². The van der Waals surface area contributed by atoms with Crippen molar-refractivity contribution in [2.45, 2.75) is 5.51 Å². The molecular formula is C13H7F3O6S. The maximum absolute atomic E-state index is 12.4. The smallest absolute Gasteiger partial charge is 0.478 e. The fraction of sp³-hybridized carbons (Fsp3) is 0.0769. The van der Waals surface area contributed by atoms with Crippen LogP contribution < -0.4 is 4.18 Å². The van der Waals surface area contributed by atoms with Gasteiger partial charge in [-0.1, -0.05) is 12.1 Å². The lowest BCUT2D eigenvalue weighted by molar-refractivity contribution is -0.0500. The van der Waals surface area contributed by atoms with E-state index in [2.05, 4.69) is 4.18 Å². The molecule has 122 valence electrons. The van der Waals surface area contributed by atoms with Gasteiger partial charge in [0.05, 0.1) is 11.1 Å². The van der Waals surface area contributed by atoms with Gasteiger partial charge in [0.25, 0.3) is 0 Å². The molecule has 0 saturated heterocycles. The average Bonchev–Trinajstić information content (AvgIpc) is 2.44. The van der Waals surface area contributed by atoms with Gasteiger partial charge in [-0.15, -0.1) is 0 Å². The Morgan fingerprint density at radius 2 is 1.78 bits per heavy atom. The van der Waals surface area contributed by atoms with Crippen LogP contribution in [-0.2, 0) is 10.1 Å². The number of fused-ring (bicyclic) bond motifs is 1. The van der Waals surface area contributed by atoms with Crippen molar-refractivity contribution in [1.82, 2.24) is 0 Å². The zero-order valence-electron chi connectivity index (χ0n) is 11.0. The first-order valence-electron chi connectivity index (χ1n) is 5.83. The Kier molecular flexibility index (Phi) is 4.03. The number of carboxylic acid groups (broad SMARTS) is 1. The van der Waals surface area contributed by atoms with Crippen LogP contribution >= 0.6 is 0 Å². The van der Waals surface area contributed by atoms with Crippen molar-refractivity contribution < 1.29 is 40.5 Å². The van der Waals surface area contributed by atoms with E-state index in [0.717, 1.165) is 12.1 Å². The van der Waals surface area contributed by atoms with Crippen LogP contribution in [0.5, 0.6) is 5.75 Å². The average molecular weight is 348 g/mol. The highest BCUT2D eigenvalue weighted by molar-refractivity contribution is 7.88. The third-order valence-corrected chi connectivity index (χ3v) is 3.86. The number of carbonyl (C=O) groups excluding carboxylic acids is 1. The van der Waals surface area contributed by atoms with Crippen LogP contribution in [0, 0.1) is 0 Å². The summed E-state index contributed by atoms with van der Waals surface area (Å²) in [6, 6.07) is 5.61. The monoisotopic (exact) mass is 348 g/mol. The minimum atomic E-state index is -5.95. The van der Waals surface area contributed by atoms with Gasteiger partial charge in [0, 0.05) is 0 Å². The standard InChI is InChI=1S/C13H7F3O6S/c14-13(15,16)23(20,21)22-11-5-4-8-7(10(11)6-17)2-1-3-9(8)12(18)19/h1-6H,(H,18,19). The lowest BCUT2D eigenvalue weighted by atomic mass is 10.00. The fourth-order valence-electron chi connectivity index (χ4n) is 1.91. The number of carbonyl (C=O) groups is 2. The third kappa shape index (κ3) is 2.97. The van der Waals surface area contributed by atoms with E-state index in [0.29, 0.717) is 0 Å². The summed E-state index contributed by atoms with van der Waals surface area (Å²) in [5.41, 5.74) is -6.36. The number of rotatable bonds is 4. The van der Waals surface area contributed by atoms with E-state index in [4.69, 9.17) is 5.11 Å². The number of aromatic carboxylic acids is 1. The minimum absolute atomic E-state index is 0.0465. The van der Waals surface area contributed by atoms with Crippen molar-refractivity contribution in [1.29, 1.82) is 0 Å². The van der Waals surface area contributed by atoms with Crippen molar-refractivity contribution in [3.05, 3.63) is 41.5 Å². The predicted molar refractivity (Wildman–Crippen MR) is 71.9 cm³/mol. The predicted octanol–water partition coefficient (Wildman–Crippen LogP) is 2.58. The van der Waals surface area contributed by atoms with E-state index >= 15 is 0 Å². The Morgan fingerprint density at radius 3 is 2.30 bits per heavy atom. The highest BCUT2D eigenvalue weighted by Crippen LogP contribution is 2.33. The first-order valence-corrected chi connectivity index (χ1v) is 7.24. The fourth-order valence-corrected chi connectivity index (χ4v) is 2.38. The summed E-state index contributed by atoms with van der Waals surface area (Å²) in [6.07, 6.45) is 0.0925. The molecule has 2 aromatic carbocycles. The number of aldehydes is 1. The van der Waals surface area contributed by atoms with Gasteiger partial charge in [0.1, 0.15) is 0 Å². The van der Waals surface area contributed by atoms with E-state index in [1.165, 1.54) is 18.2 Å².